The van der Waals surface area contributed by atoms with Gasteiger partial charge in [-0.25, -0.2) is 0 Å². The Kier molecular flexibility index (Phi) is 4.19. The summed E-state index contributed by atoms with van der Waals surface area (Å²) in [5.41, 5.74) is 1.21. The van der Waals surface area contributed by atoms with Gasteiger partial charge in [-0.1, -0.05) is 0 Å². The van der Waals surface area contributed by atoms with Gasteiger partial charge in [0, 0.05) is 18.0 Å². The summed E-state index contributed by atoms with van der Waals surface area (Å²) in [5.74, 6) is 0.732. The fourth-order valence-corrected chi connectivity index (χ4v) is 1.22. The largest absolute Gasteiger partial charge is 0.472 e. The van der Waals surface area contributed by atoms with E-state index < -0.39 is 0 Å². The number of rotatable bonds is 5. The molecule has 12 heavy (non-hydrogen) atoms. The second-order valence-corrected chi connectivity index (χ2v) is 3.29. The van der Waals surface area contributed by atoms with Gasteiger partial charge >= 0.3 is 0 Å². The summed E-state index contributed by atoms with van der Waals surface area (Å²) in [7, 11) is 2.08. The predicted octanol–water partition coefficient (Wildman–Crippen LogP) is 2.34. The van der Waals surface area contributed by atoms with Gasteiger partial charge in [-0.2, -0.15) is 0 Å². The van der Waals surface area contributed by atoms with Gasteiger partial charge in [0.25, 0.3) is 0 Å². The van der Waals surface area contributed by atoms with Gasteiger partial charge in [-0.15, -0.1) is 11.6 Å². The lowest BCUT2D eigenvalue weighted by Gasteiger charge is -2.13. The van der Waals surface area contributed by atoms with E-state index in [0.29, 0.717) is 0 Å². The molecule has 1 rings (SSSR count). The van der Waals surface area contributed by atoms with Crippen LogP contribution >= 0.6 is 11.6 Å². The first-order valence-electron chi connectivity index (χ1n) is 4.08. The van der Waals surface area contributed by atoms with Crippen LogP contribution < -0.4 is 0 Å². The Labute approximate surface area is 78.1 Å². The van der Waals surface area contributed by atoms with Gasteiger partial charge in [0.05, 0.1) is 12.5 Å². The van der Waals surface area contributed by atoms with Crippen molar-refractivity contribution in [2.75, 3.05) is 19.5 Å². The second kappa shape index (κ2) is 5.22. The predicted molar refractivity (Wildman–Crippen MR) is 50.4 cm³/mol. The molecule has 0 fully saturated rings. The van der Waals surface area contributed by atoms with Crippen molar-refractivity contribution in [3.05, 3.63) is 24.2 Å². The Morgan fingerprint density at radius 2 is 2.42 bits per heavy atom. The molecule has 1 aromatic heterocycles. The van der Waals surface area contributed by atoms with E-state index in [9.17, 15) is 0 Å². The summed E-state index contributed by atoms with van der Waals surface area (Å²) in [4.78, 5) is 2.23. The zero-order valence-electron chi connectivity index (χ0n) is 7.29. The number of alkyl halides is 1. The van der Waals surface area contributed by atoms with Crippen molar-refractivity contribution in [2.24, 2.45) is 0 Å². The summed E-state index contributed by atoms with van der Waals surface area (Å²) in [6.45, 7) is 1.97. The molecule has 0 atom stereocenters. The standard InChI is InChI=1S/C9H14ClNO/c1-11(5-2-4-10)7-9-3-6-12-8-9/h3,6,8H,2,4-5,7H2,1H3. The monoisotopic (exact) mass is 187 g/mol. The van der Waals surface area contributed by atoms with E-state index in [1.54, 1.807) is 12.5 Å². The van der Waals surface area contributed by atoms with Crippen LogP contribution in [0.3, 0.4) is 0 Å². The molecule has 0 aromatic carbocycles. The van der Waals surface area contributed by atoms with E-state index in [1.807, 2.05) is 6.07 Å². The molecular formula is C9H14ClNO. The second-order valence-electron chi connectivity index (χ2n) is 2.91. The zero-order valence-corrected chi connectivity index (χ0v) is 8.05. The molecule has 68 valence electrons. The van der Waals surface area contributed by atoms with E-state index in [0.717, 1.165) is 25.4 Å². The van der Waals surface area contributed by atoms with E-state index in [4.69, 9.17) is 16.0 Å². The van der Waals surface area contributed by atoms with Crippen molar-refractivity contribution >= 4 is 11.6 Å². The van der Waals surface area contributed by atoms with E-state index in [2.05, 4.69) is 11.9 Å². The maximum absolute atomic E-state index is 5.58. The lowest BCUT2D eigenvalue weighted by molar-refractivity contribution is 0.327. The van der Waals surface area contributed by atoms with Crippen molar-refractivity contribution in [3.8, 4) is 0 Å². The van der Waals surface area contributed by atoms with E-state index in [-0.39, 0.29) is 0 Å². The Morgan fingerprint density at radius 3 is 3.00 bits per heavy atom. The number of hydrogen-bond acceptors (Lipinski definition) is 2. The Balaban J connectivity index is 2.22. The fraction of sp³-hybridized carbons (Fsp3) is 0.556. The molecule has 0 aliphatic rings. The minimum absolute atomic E-state index is 0.732. The molecule has 0 saturated heterocycles. The molecule has 0 radical (unpaired) electrons. The Bertz CT molecular complexity index is 198. The van der Waals surface area contributed by atoms with E-state index in [1.165, 1.54) is 5.56 Å². The molecule has 1 heterocycles. The average Bonchev–Trinajstić information content (AvgIpc) is 2.53. The molecule has 0 saturated carbocycles. The van der Waals surface area contributed by atoms with Crippen LogP contribution in [-0.4, -0.2) is 24.4 Å². The van der Waals surface area contributed by atoms with Crippen LogP contribution in [0.5, 0.6) is 0 Å². The van der Waals surface area contributed by atoms with Gasteiger partial charge in [0.15, 0.2) is 0 Å². The lowest BCUT2D eigenvalue weighted by atomic mass is 10.3. The molecule has 0 amide bonds. The zero-order chi connectivity index (χ0) is 8.81. The maximum atomic E-state index is 5.58. The van der Waals surface area contributed by atoms with Crippen LogP contribution in [0.1, 0.15) is 12.0 Å². The number of hydrogen-bond donors (Lipinski definition) is 0. The summed E-state index contributed by atoms with van der Waals surface area (Å²) in [6, 6.07) is 1.98. The third-order valence-electron chi connectivity index (χ3n) is 1.71. The van der Waals surface area contributed by atoms with Crippen molar-refractivity contribution in [2.45, 2.75) is 13.0 Å². The van der Waals surface area contributed by atoms with E-state index >= 15 is 0 Å². The van der Waals surface area contributed by atoms with Crippen molar-refractivity contribution < 1.29 is 4.42 Å². The number of halogens is 1. The Morgan fingerprint density at radius 1 is 1.58 bits per heavy atom. The van der Waals surface area contributed by atoms with Crippen LogP contribution in [0.4, 0.5) is 0 Å². The average molecular weight is 188 g/mol. The molecule has 0 bridgehead atoms. The summed E-state index contributed by atoms with van der Waals surface area (Å²) < 4.78 is 4.97. The number of nitrogens with zero attached hydrogens (tertiary/aromatic N) is 1. The molecule has 1 aromatic rings. The maximum Gasteiger partial charge on any atom is 0.0947 e. The summed E-state index contributed by atoms with van der Waals surface area (Å²) in [6.07, 6.45) is 4.51. The van der Waals surface area contributed by atoms with Gasteiger partial charge in [0.2, 0.25) is 0 Å². The van der Waals surface area contributed by atoms with Crippen molar-refractivity contribution in [1.29, 1.82) is 0 Å². The molecule has 0 aliphatic carbocycles. The molecule has 3 heteroatoms. The normalized spacial score (nSPS) is 10.9. The molecule has 0 spiro atoms. The highest BCUT2D eigenvalue weighted by molar-refractivity contribution is 6.17. The van der Waals surface area contributed by atoms with Crippen molar-refractivity contribution in [1.82, 2.24) is 4.90 Å². The van der Waals surface area contributed by atoms with Gasteiger partial charge in [0.1, 0.15) is 0 Å². The van der Waals surface area contributed by atoms with Crippen LogP contribution in [0.15, 0.2) is 23.0 Å². The van der Waals surface area contributed by atoms with Gasteiger partial charge < -0.3 is 9.32 Å². The quantitative estimate of drug-likeness (QED) is 0.658. The lowest BCUT2D eigenvalue weighted by Crippen LogP contribution is -2.18. The Hall–Kier alpha value is -0.470. The molecular weight excluding hydrogens is 174 g/mol. The van der Waals surface area contributed by atoms with Gasteiger partial charge in [-0.3, -0.25) is 0 Å². The minimum Gasteiger partial charge on any atom is -0.472 e. The van der Waals surface area contributed by atoms with Crippen molar-refractivity contribution in [3.63, 3.8) is 0 Å². The highest BCUT2D eigenvalue weighted by Gasteiger charge is 1.99. The topological polar surface area (TPSA) is 16.4 Å². The SMILES string of the molecule is CN(CCCCl)Cc1ccoc1. The summed E-state index contributed by atoms with van der Waals surface area (Å²) in [5, 5.41) is 0. The fourth-order valence-electron chi connectivity index (χ4n) is 1.10. The third kappa shape index (κ3) is 3.28. The van der Waals surface area contributed by atoms with Crippen LogP contribution in [-0.2, 0) is 6.54 Å². The highest BCUT2D eigenvalue weighted by Crippen LogP contribution is 2.03. The van der Waals surface area contributed by atoms with Crippen LogP contribution in [0.2, 0.25) is 0 Å². The third-order valence-corrected chi connectivity index (χ3v) is 1.97. The summed E-state index contributed by atoms with van der Waals surface area (Å²) >= 11 is 5.58. The first-order chi connectivity index (χ1) is 5.83. The smallest absolute Gasteiger partial charge is 0.0947 e. The van der Waals surface area contributed by atoms with Gasteiger partial charge in [-0.05, 0) is 26.1 Å². The minimum atomic E-state index is 0.732. The first-order valence-corrected chi connectivity index (χ1v) is 4.62. The molecule has 0 N–H and O–H groups in total. The molecule has 0 aliphatic heterocycles. The molecule has 0 unspecified atom stereocenters. The van der Waals surface area contributed by atoms with Crippen LogP contribution in [0, 0.1) is 0 Å². The highest BCUT2D eigenvalue weighted by atomic mass is 35.5. The van der Waals surface area contributed by atoms with Crippen LogP contribution in [0.25, 0.3) is 0 Å². The number of furan rings is 1. The first kappa shape index (κ1) is 9.62. The molecule has 2 nitrogen and oxygen atoms in total.